The summed E-state index contributed by atoms with van der Waals surface area (Å²) in [7, 11) is 1.61. The van der Waals surface area contributed by atoms with E-state index in [1.54, 1.807) is 18.7 Å². The lowest BCUT2D eigenvalue weighted by Crippen LogP contribution is -2.02. The quantitative estimate of drug-likeness (QED) is 0.863. The van der Waals surface area contributed by atoms with Crippen molar-refractivity contribution in [2.24, 2.45) is 0 Å². The minimum Gasteiger partial charge on any atom is -0.497 e. The minimum absolute atomic E-state index is 0.410. The molecular weight excluding hydrogens is 292 g/mol. The molecule has 5 nitrogen and oxygen atoms in total. The van der Waals surface area contributed by atoms with Gasteiger partial charge in [-0.1, -0.05) is 23.7 Å². The van der Waals surface area contributed by atoms with Crippen molar-refractivity contribution < 1.29 is 14.6 Å². The third-order valence-electron chi connectivity index (χ3n) is 2.97. The number of hydrogen-bond donors (Lipinski definition) is 1. The highest BCUT2D eigenvalue weighted by atomic mass is 35.5. The van der Waals surface area contributed by atoms with Gasteiger partial charge < -0.3 is 9.84 Å². The first-order valence-electron chi connectivity index (χ1n) is 6.28. The molecule has 0 aliphatic heterocycles. The van der Waals surface area contributed by atoms with Crippen molar-refractivity contribution in [2.45, 2.75) is 13.5 Å². The number of carboxylic acids is 1. The van der Waals surface area contributed by atoms with Gasteiger partial charge in [-0.25, -0.2) is 9.48 Å². The Morgan fingerprint density at radius 3 is 2.95 bits per heavy atom. The van der Waals surface area contributed by atoms with Gasteiger partial charge in [0.2, 0.25) is 0 Å². The van der Waals surface area contributed by atoms with Gasteiger partial charge in [0.1, 0.15) is 10.9 Å². The molecule has 2 rings (SSSR count). The summed E-state index contributed by atoms with van der Waals surface area (Å²) in [5, 5.41) is 13.4. The number of aryl methyl sites for hydroxylation is 1. The maximum atomic E-state index is 10.6. The fourth-order valence-corrected chi connectivity index (χ4v) is 2.26. The average Bonchev–Trinajstić information content (AvgIpc) is 2.71. The summed E-state index contributed by atoms with van der Waals surface area (Å²) in [5.41, 5.74) is 2.29. The molecule has 0 atom stereocenters. The van der Waals surface area contributed by atoms with Gasteiger partial charge in [-0.3, -0.25) is 0 Å². The summed E-state index contributed by atoms with van der Waals surface area (Å²) >= 11 is 6.26. The zero-order valence-electron chi connectivity index (χ0n) is 11.7. The second-order valence-electron chi connectivity index (χ2n) is 4.47. The number of ether oxygens (including phenoxy) is 1. The summed E-state index contributed by atoms with van der Waals surface area (Å²) in [5.74, 6) is -0.260. The van der Waals surface area contributed by atoms with Crippen LogP contribution in [0.15, 0.2) is 30.3 Å². The molecule has 0 saturated heterocycles. The van der Waals surface area contributed by atoms with E-state index in [0.29, 0.717) is 23.0 Å². The number of nitrogens with zero attached hydrogens (tertiary/aromatic N) is 2. The molecule has 0 saturated carbocycles. The zero-order chi connectivity index (χ0) is 15.4. The SMILES string of the molecule is COc1cccc(Cn2nc(C)c(/C=C/C(=O)O)c2Cl)c1. The minimum atomic E-state index is -1.02. The van der Waals surface area contributed by atoms with Crippen LogP contribution in [0.4, 0.5) is 0 Å². The van der Waals surface area contributed by atoms with Crippen LogP contribution in [0.25, 0.3) is 6.08 Å². The highest BCUT2D eigenvalue weighted by molar-refractivity contribution is 6.31. The van der Waals surface area contributed by atoms with E-state index in [2.05, 4.69) is 5.10 Å². The molecule has 0 amide bonds. The summed E-state index contributed by atoms with van der Waals surface area (Å²) in [6, 6.07) is 7.60. The number of methoxy groups -OCH3 is 1. The van der Waals surface area contributed by atoms with E-state index in [0.717, 1.165) is 17.4 Å². The van der Waals surface area contributed by atoms with Crippen LogP contribution in [0.1, 0.15) is 16.8 Å². The van der Waals surface area contributed by atoms with Crippen LogP contribution in [-0.2, 0) is 11.3 Å². The Bertz CT molecular complexity index is 692. The van der Waals surface area contributed by atoms with Crippen LogP contribution in [0, 0.1) is 6.92 Å². The molecule has 2 aromatic rings. The smallest absolute Gasteiger partial charge is 0.328 e. The Kier molecular flexibility index (Phi) is 4.65. The van der Waals surface area contributed by atoms with E-state index in [1.807, 2.05) is 24.3 Å². The van der Waals surface area contributed by atoms with Crippen LogP contribution < -0.4 is 4.74 Å². The fourth-order valence-electron chi connectivity index (χ4n) is 1.96. The third kappa shape index (κ3) is 3.64. The molecular formula is C15H15ClN2O3. The Hall–Kier alpha value is -2.27. The molecule has 0 spiro atoms. The normalized spacial score (nSPS) is 11.0. The Morgan fingerprint density at radius 2 is 2.29 bits per heavy atom. The van der Waals surface area contributed by atoms with Gasteiger partial charge in [0, 0.05) is 11.6 Å². The van der Waals surface area contributed by atoms with E-state index in [-0.39, 0.29) is 0 Å². The first-order valence-corrected chi connectivity index (χ1v) is 6.66. The van der Waals surface area contributed by atoms with Crippen molar-refractivity contribution in [1.82, 2.24) is 9.78 Å². The van der Waals surface area contributed by atoms with E-state index >= 15 is 0 Å². The van der Waals surface area contributed by atoms with Crippen LogP contribution in [0.3, 0.4) is 0 Å². The molecule has 21 heavy (non-hydrogen) atoms. The number of hydrogen-bond acceptors (Lipinski definition) is 3. The molecule has 1 aromatic carbocycles. The monoisotopic (exact) mass is 306 g/mol. The van der Waals surface area contributed by atoms with Gasteiger partial charge >= 0.3 is 5.97 Å². The van der Waals surface area contributed by atoms with Gasteiger partial charge in [-0.2, -0.15) is 5.10 Å². The van der Waals surface area contributed by atoms with E-state index < -0.39 is 5.97 Å². The maximum absolute atomic E-state index is 10.6. The number of carboxylic acid groups (broad SMARTS) is 1. The van der Waals surface area contributed by atoms with Crippen LogP contribution in [0.2, 0.25) is 5.15 Å². The molecule has 1 N–H and O–H groups in total. The van der Waals surface area contributed by atoms with Crippen molar-refractivity contribution in [1.29, 1.82) is 0 Å². The van der Waals surface area contributed by atoms with Gasteiger partial charge in [0.05, 0.1) is 19.3 Å². The van der Waals surface area contributed by atoms with Crippen LogP contribution in [-0.4, -0.2) is 28.0 Å². The van der Waals surface area contributed by atoms with Gasteiger partial charge in [-0.15, -0.1) is 0 Å². The van der Waals surface area contributed by atoms with Gasteiger partial charge in [0.15, 0.2) is 0 Å². The van der Waals surface area contributed by atoms with Crippen molar-refractivity contribution in [2.75, 3.05) is 7.11 Å². The number of carbonyl (C=O) groups is 1. The maximum Gasteiger partial charge on any atom is 0.328 e. The van der Waals surface area contributed by atoms with Crippen LogP contribution in [0.5, 0.6) is 5.75 Å². The predicted octanol–water partition coefficient (Wildman–Crippen LogP) is 3.00. The van der Waals surface area contributed by atoms with Crippen molar-refractivity contribution in [3.8, 4) is 5.75 Å². The first kappa shape index (κ1) is 15.1. The molecule has 0 aliphatic rings. The molecule has 6 heteroatoms. The molecule has 0 fully saturated rings. The highest BCUT2D eigenvalue weighted by Crippen LogP contribution is 2.23. The standard InChI is InChI=1S/C15H15ClN2O3/c1-10-13(6-7-14(19)20)15(16)18(17-10)9-11-4-3-5-12(8-11)21-2/h3-8H,9H2,1-2H3,(H,19,20)/b7-6+. The van der Waals surface area contributed by atoms with Crippen LogP contribution >= 0.6 is 11.6 Å². The fraction of sp³-hybridized carbons (Fsp3) is 0.200. The summed E-state index contributed by atoms with van der Waals surface area (Å²) in [6.45, 7) is 2.27. The van der Waals surface area contributed by atoms with Gasteiger partial charge in [0.25, 0.3) is 0 Å². The topological polar surface area (TPSA) is 64.4 Å². The molecule has 0 radical (unpaired) electrons. The molecule has 110 valence electrons. The largest absolute Gasteiger partial charge is 0.497 e. The number of rotatable bonds is 5. The van der Waals surface area contributed by atoms with Gasteiger partial charge in [-0.05, 0) is 30.7 Å². The molecule has 0 bridgehead atoms. The molecule has 0 unspecified atom stereocenters. The number of benzene rings is 1. The second kappa shape index (κ2) is 6.45. The first-order chi connectivity index (χ1) is 10.0. The van der Waals surface area contributed by atoms with E-state index in [1.165, 1.54) is 6.08 Å². The number of halogens is 1. The lowest BCUT2D eigenvalue weighted by molar-refractivity contribution is -0.131. The Morgan fingerprint density at radius 1 is 1.52 bits per heavy atom. The zero-order valence-corrected chi connectivity index (χ0v) is 12.5. The van der Waals surface area contributed by atoms with Crippen molar-refractivity contribution in [3.63, 3.8) is 0 Å². The second-order valence-corrected chi connectivity index (χ2v) is 4.83. The molecule has 0 aliphatic carbocycles. The summed E-state index contributed by atoms with van der Waals surface area (Å²) < 4.78 is 6.81. The lowest BCUT2D eigenvalue weighted by atomic mass is 10.2. The summed E-state index contributed by atoms with van der Waals surface area (Å²) in [4.78, 5) is 10.6. The highest BCUT2D eigenvalue weighted by Gasteiger charge is 2.12. The predicted molar refractivity (Wildman–Crippen MR) is 80.7 cm³/mol. The van der Waals surface area contributed by atoms with Crippen molar-refractivity contribution >= 4 is 23.6 Å². The molecule has 1 aromatic heterocycles. The Labute approximate surface area is 127 Å². The number of aromatic nitrogens is 2. The van der Waals surface area contributed by atoms with E-state index in [4.69, 9.17) is 21.4 Å². The number of aliphatic carboxylic acids is 1. The lowest BCUT2D eigenvalue weighted by Gasteiger charge is -2.06. The third-order valence-corrected chi connectivity index (χ3v) is 3.37. The van der Waals surface area contributed by atoms with Crippen molar-refractivity contribution in [3.05, 3.63) is 52.3 Å². The van der Waals surface area contributed by atoms with E-state index in [9.17, 15) is 4.79 Å². The Balaban J connectivity index is 2.28. The average molecular weight is 307 g/mol. The summed E-state index contributed by atoms with van der Waals surface area (Å²) in [6.07, 6.45) is 2.50. The molecule has 1 heterocycles.